The Morgan fingerprint density at radius 1 is 1.06 bits per heavy atom. The first-order valence-electron chi connectivity index (χ1n) is 5.42. The first-order valence-corrected chi connectivity index (χ1v) is 5.42. The summed E-state index contributed by atoms with van der Waals surface area (Å²) in [6.07, 6.45) is 5.73. The lowest BCUT2D eigenvalue weighted by Gasteiger charge is -2.04. The van der Waals surface area contributed by atoms with Crippen molar-refractivity contribution in [3.05, 3.63) is 48.2 Å². The Morgan fingerprint density at radius 2 is 2.00 bits per heavy atom. The molecule has 0 aliphatic carbocycles. The molecular weight excluding hydrogens is 216 g/mol. The van der Waals surface area contributed by atoms with Gasteiger partial charge < -0.3 is 10.5 Å². The number of rotatable bonds is 5. The van der Waals surface area contributed by atoms with Gasteiger partial charge in [0.2, 0.25) is 5.88 Å². The fourth-order valence-electron chi connectivity index (χ4n) is 1.33. The molecule has 0 aliphatic rings. The van der Waals surface area contributed by atoms with Crippen molar-refractivity contribution < 1.29 is 4.74 Å². The minimum Gasteiger partial charge on any atom is -0.476 e. The summed E-state index contributed by atoms with van der Waals surface area (Å²) in [5, 5.41) is 0. The average molecular weight is 230 g/mol. The third-order valence-corrected chi connectivity index (χ3v) is 2.23. The van der Waals surface area contributed by atoms with E-state index in [4.69, 9.17) is 10.5 Å². The smallest absolute Gasteiger partial charge is 0.232 e. The highest BCUT2D eigenvalue weighted by Crippen LogP contribution is 2.04. The van der Waals surface area contributed by atoms with Crippen LogP contribution < -0.4 is 10.5 Å². The van der Waals surface area contributed by atoms with Gasteiger partial charge in [0, 0.05) is 24.9 Å². The standard InChI is InChI=1S/C12H14N4O/c13-7-11-8-16-12(9-15-11)17-6-4-10-3-1-2-5-14-10/h1-3,5,8-9H,4,6-7,13H2. The van der Waals surface area contributed by atoms with E-state index in [1.54, 1.807) is 18.6 Å². The summed E-state index contributed by atoms with van der Waals surface area (Å²) < 4.78 is 5.45. The van der Waals surface area contributed by atoms with Crippen LogP contribution in [-0.4, -0.2) is 21.6 Å². The number of nitrogens with zero attached hydrogens (tertiary/aromatic N) is 3. The Hall–Kier alpha value is -2.01. The molecule has 88 valence electrons. The number of ether oxygens (including phenoxy) is 1. The third-order valence-electron chi connectivity index (χ3n) is 2.23. The molecule has 0 saturated carbocycles. The van der Waals surface area contributed by atoms with Gasteiger partial charge in [0.25, 0.3) is 0 Å². The summed E-state index contributed by atoms with van der Waals surface area (Å²) in [6, 6.07) is 5.81. The highest BCUT2D eigenvalue weighted by Gasteiger charge is 1.98. The minimum atomic E-state index is 0.390. The van der Waals surface area contributed by atoms with Gasteiger partial charge in [0.15, 0.2) is 0 Å². The quantitative estimate of drug-likeness (QED) is 0.827. The summed E-state index contributed by atoms with van der Waals surface area (Å²) in [5.41, 5.74) is 7.18. The SMILES string of the molecule is NCc1cnc(OCCc2ccccn2)cn1. The fraction of sp³-hybridized carbons (Fsp3) is 0.250. The zero-order valence-electron chi connectivity index (χ0n) is 9.41. The minimum absolute atomic E-state index is 0.390. The van der Waals surface area contributed by atoms with Gasteiger partial charge in [-0.25, -0.2) is 4.98 Å². The second kappa shape index (κ2) is 5.91. The molecular formula is C12H14N4O. The van der Waals surface area contributed by atoms with Crippen LogP contribution in [0, 0.1) is 0 Å². The number of nitrogens with two attached hydrogens (primary N) is 1. The molecule has 2 rings (SSSR count). The van der Waals surface area contributed by atoms with E-state index in [1.807, 2.05) is 18.2 Å². The predicted octanol–water partition coefficient (Wildman–Crippen LogP) is 0.952. The summed E-state index contributed by atoms with van der Waals surface area (Å²) in [7, 11) is 0. The van der Waals surface area contributed by atoms with Crippen LogP contribution in [0.3, 0.4) is 0 Å². The second-order valence-electron chi connectivity index (χ2n) is 3.47. The Labute approximate surface area is 99.7 Å². The highest BCUT2D eigenvalue weighted by atomic mass is 16.5. The van der Waals surface area contributed by atoms with Gasteiger partial charge >= 0.3 is 0 Å². The van der Waals surface area contributed by atoms with E-state index in [0.29, 0.717) is 19.0 Å². The van der Waals surface area contributed by atoms with E-state index < -0.39 is 0 Å². The van der Waals surface area contributed by atoms with Crippen LogP contribution in [0.2, 0.25) is 0 Å². The Bertz CT molecular complexity index is 444. The normalized spacial score (nSPS) is 10.2. The van der Waals surface area contributed by atoms with Gasteiger partial charge in [-0.2, -0.15) is 0 Å². The molecule has 2 N–H and O–H groups in total. The molecule has 0 saturated heterocycles. The molecule has 0 aromatic carbocycles. The van der Waals surface area contributed by atoms with Crippen LogP contribution >= 0.6 is 0 Å². The van der Waals surface area contributed by atoms with Crippen LogP contribution in [0.15, 0.2) is 36.8 Å². The Kier molecular flexibility index (Phi) is 3.99. The van der Waals surface area contributed by atoms with Crippen molar-refractivity contribution in [2.75, 3.05) is 6.61 Å². The van der Waals surface area contributed by atoms with Crippen LogP contribution in [0.5, 0.6) is 5.88 Å². The maximum atomic E-state index is 5.45. The summed E-state index contributed by atoms with van der Waals surface area (Å²) in [5.74, 6) is 0.512. The van der Waals surface area contributed by atoms with E-state index in [-0.39, 0.29) is 0 Å². The molecule has 2 heterocycles. The molecule has 0 spiro atoms. The lowest BCUT2D eigenvalue weighted by molar-refractivity contribution is 0.306. The number of hydrogen-bond donors (Lipinski definition) is 1. The topological polar surface area (TPSA) is 73.9 Å². The maximum Gasteiger partial charge on any atom is 0.232 e. The predicted molar refractivity (Wildman–Crippen MR) is 63.4 cm³/mol. The summed E-state index contributed by atoms with van der Waals surface area (Å²) in [6.45, 7) is 0.925. The lowest BCUT2D eigenvalue weighted by Crippen LogP contribution is -2.05. The van der Waals surface area contributed by atoms with E-state index in [0.717, 1.165) is 17.8 Å². The highest BCUT2D eigenvalue weighted by molar-refractivity contribution is 5.08. The van der Waals surface area contributed by atoms with Crippen LogP contribution in [0.25, 0.3) is 0 Å². The molecule has 2 aromatic heterocycles. The molecule has 0 aliphatic heterocycles. The van der Waals surface area contributed by atoms with Crippen molar-refractivity contribution in [3.63, 3.8) is 0 Å². The molecule has 17 heavy (non-hydrogen) atoms. The number of pyridine rings is 1. The number of aromatic nitrogens is 3. The second-order valence-corrected chi connectivity index (χ2v) is 3.47. The molecule has 2 aromatic rings. The van der Waals surface area contributed by atoms with E-state index in [9.17, 15) is 0 Å². The number of hydrogen-bond acceptors (Lipinski definition) is 5. The molecule has 0 bridgehead atoms. The van der Waals surface area contributed by atoms with Crippen molar-refractivity contribution in [2.24, 2.45) is 5.73 Å². The molecule has 0 unspecified atom stereocenters. The van der Waals surface area contributed by atoms with Gasteiger partial charge in [-0.3, -0.25) is 9.97 Å². The van der Waals surface area contributed by atoms with Crippen LogP contribution in [0.1, 0.15) is 11.4 Å². The van der Waals surface area contributed by atoms with Crippen molar-refractivity contribution in [1.82, 2.24) is 15.0 Å². The van der Waals surface area contributed by atoms with Crippen molar-refractivity contribution >= 4 is 0 Å². The zero-order valence-corrected chi connectivity index (χ0v) is 9.41. The molecule has 0 amide bonds. The summed E-state index contributed by atoms with van der Waals surface area (Å²) in [4.78, 5) is 12.4. The average Bonchev–Trinajstić information content (AvgIpc) is 2.41. The Morgan fingerprint density at radius 3 is 2.65 bits per heavy atom. The lowest BCUT2D eigenvalue weighted by atomic mass is 10.3. The Balaban J connectivity index is 1.82. The van der Waals surface area contributed by atoms with E-state index in [2.05, 4.69) is 15.0 Å². The monoisotopic (exact) mass is 230 g/mol. The van der Waals surface area contributed by atoms with E-state index in [1.165, 1.54) is 0 Å². The maximum absolute atomic E-state index is 5.45. The van der Waals surface area contributed by atoms with Crippen molar-refractivity contribution in [1.29, 1.82) is 0 Å². The molecule has 0 atom stereocenters. The molecule has 5 nitrogen and oxygen atoms in total. The van der Waals surface area contributed by atoms with Crippen LogP contribution in [0.4, 0.5) is 0 Å². The third kappa shape index (κ3) is 3.49. The van der Waals surface area contributed by atoms with Gasteiger partial charge in [-0.05, 0) is 12.1 Å². The molecule has 5 heteroatoms. The zero-order chi connectivity index (χ0) is 11.9. The summed E-state index contributed by atoms with van der Waals surface area (Å²) >= 11 is 0. The molecule has 0 radical (unpaired) electrons. The first-order chi connectivity index (χ1) is 8.38. The van der Waals surface area contributed by atoms with Gasteiger partial charge in [0.1, 0.15) is 0 Å². The molecule has 0 fully saturated rings. The fourth-order valence-corrected chi connectivity index (χ4v) is 1.33. The van der Waals surface area contributed by atoms with Crippen LogP contribution in [-0.2, 0) is 13.0 Å². The van der Waals surface area contributed by atoms with Gasteiger partial charge in [-0.15, -0.1) is 0 Å². The largest absolute Gasteiger partial charge is 0.476 e. The van der Waals surface area contributed by atoms with Crippen molar-refractivity contribution in [2.45, 2.75) is 13.0 Å². The first kappa shape index (κ1) is 11.5. The van der Waals surface area contributed by atoms with Gasteiger partial charge in [-0.1, -0.05) is 6.07 Å². The van der Waals surface area contributed by atoms with Crippen molar-refractivity contribution in [3.8, 4) is 5.88 Å². The van der Waals surface area contributed by atoms with E-state index >= 15 is 0 Å². The van der Waals surface area contributed by atoms with Gasteiger partial charge in [0.05, 0.1) is 24.7 Å².